The Labute approximate surface area is 128 Å². The van der Waals surface area contributed by atoms with Gasteiger partial charge in [0.1, 0.15) is 18.9 Å². The molecule has 0 saturated heterocycles. The van der Waals surface area contributed by atoms with E-state index in [1.807, 2.05) is 30.3 Å². The Balaban J connectivity index is 1.95. The maximum atomic E-state index is 12.0. The Hall–Kier alpha value is -2.82. The normalized spacial score (nSPS) is 10.0. The second kappa shape index (κ2) is 7.26. The predicted octanol–water partition coefficient (Wildman–Crippen LogP) is 2.42. The van der Waals surface area contributed by atoms with Crippen LogP contribution in [0.2, 0.25) is 0 Å². The largest absolute Gasteiger partial charge is 0.489 e. The minimum Gasteiger partial charge on any atom is -0.489 e. The van der Waals surface area contributed by atoms with Crippen LogP contribution in [0.5, 0.6) is 5.75 Å². The summed E-state index contributed by atoms with van der Waals surface area (Å²) in [6.07, 6.45) is 0. The Morgan fingerprint density at radius 1 is 1.05 bits per heavy atom. The first-order valence-electron chi connectivity index (χ1n) is 6.80. The van der Waals surface area contributed by atoms with Crippen molar-refractivity contribution in [3.05, 3.63) is 65.7 Å². The number of hydrogen-bond acceptors (Lipinski definition) is 3. The summed E-state index contributed by atoms with van der Waals surface area (Å²) in [6.45, 7) is 0.123. The van der Waals surface area contributed by atoms with Gasteiger partial charge < -0.3 is 14.7 Å². The molecule has 2 aromatic carbocycles. The van der Waals surface area contributed by atoms with Crippen molar-refractivity contribution in [1.82, 2.24) is 4.90 Å². The molecule has 5 nitrogen and oxygen atoms in total. The molecular formula is C17H17NO4. The fourth-order valence-corrected chi connectivity index (χ4v) is 1.93. The third kappa shape index (κ3) is 4.34. The summed E-state index contributed by atoms with van der Waals surface area (Å²) >= 11 is 0. The van der Waals surface area contributed by atoms with Crippen molar-refractivity contribution in [3.8, 4) is 5.75 Å². The molecule has 0 radical (unpaired) electrons. The van der Waals surface area contributed by atoms with Crippen molar-refractivity contribution in [3.63, 3.8) is 0 Å². The van der Waals surface area contributed by atoms with E-state index in [2.05, 4.69) is 0 Å². The second-order valence-electron chi connectivity index (χ2n) is 4.85. The Morgan fingerprint density at radius 2 is 1.68 bits per heavy atom. The van der Waals surface area contributed by atoms with Crippen LogP contribution in [-0.4, -0.2) is 35.5 Å². The molecule has 0 bridgehead atoms. The maximum Gasteiger partial charge on any atom is 0.323 e. The molecule has 114 valence electrons. The number of amides is 1. The van der Waals surface area contributed by atoms with Gasteiger partial charge in [0.25, 0.3) is 5.91 Å². The third-order valence-corrected chi connectivity index (χ3v) is 3.07. The zero-order chi connectivity index (χ0) is 15.9. The SMILES string of the molecule is CN(CC(=O)O)C(=O)c1ccc(OCc2ccccc2)cc1. The zero-order valence-corrected chi connectivity index (χ0v) is 12.2. The summed E-state index contributed by atoms with van der Waals surface area (Å²) in [5, 5.41) is 8.69. The molecular weight excluding hydrogens is 282 g/mol. The average molecular weight is 299 g/mol. The van der Waals surface area contributed by atoms with Crippen LogP contribution in [0.4, 0.5) is 0 Å². The first-order valence-corrected chi connectivity index (χ1v) is 6.80. The van der Waals surface area contributed by atoms with Crippen LogP contribution in [0.1, 0.15) is 15.9 Å². The van der Waals surface area contributed by atoms with E-state index in [4.69, 9.17) is 9.84 Å². The van der Waals surface area contributed by atoms with Gasteiger partial charge in [0.05, 0.1) is 0 Å². The number of ether oxygens (including phenoxy) is 1. The van der Waals surface area contributed by atoms with Crippen LogP contribution in [0.3, 0.4) is 0 Å². The minimum atomic E-state index is -1.04. The molecule has 5 heteroatoms. The van der Waals surface area contributed by atoms with E-state index in [9.17, 15) is 9.59 Å². The molecule has 0 atom stereocenters. The van der Waals surface area contributed by atoms with Crippen LogP contribution in [0.25, 0.3) is 0 Å². The van der Waals surface area contributed by atoms with Crippen molar-refractivity contribution < 1.29 is 19.4 Å². The summed E-state index contributed by atoms with van der Waals surface area (Å²) in [4.78, 5) is 23.8. The molecule has 2 aromatic rings. The van der Waals surface area contributed by atoms with E-state index in [0.717, 1.165) is 10.5 Å². The van der Waals surface area contributed by atoms with Crippen molar-refractivity contribution >= 4 is 11.9 Å². The number of carbonyl (C=O) groups is 2. The van der Waals surface area contributed by atoms with E-state index in [1.165, 1.54) is 7.05 Å². The van der Waals surface area contributed by atoms with E-state index in [0.29, 0.717) is 17.9 Å². The highest BCUT2D eigenvalue weighted by atomic mass is 16.5. The van der Waals surface area contributed by atoms with Gasteiger partial charge in [-0.25, -0.2) is 0 Å². The molecule has 1 N–H and O–H groups in total. The number of carboxylic acid groups (broad SMARTS) is 1. The number of hydrogen-bond donors (Lipinski definition) is 1. The van der Waals surface area contributed by atoms with Gasteiger partial charge in [-0.3, -0.25) is 9.59 Å². The molecule has 2 rings (SSSR count). The lowest BCUT2D eigenvalue weighted by molar-refractivity contribution is -0.137. The van der Waals surface area contributed by atoms with Gasteiger partial charge in [0, 0.05) is 12.6 Å². The number of nitrogens with zero attached hydrogens (tertiary/aromatic N) is 1. The number of carbonyl (C=O) groups excluding carboxylic acids is 1. The van der Waals surface area contributed by atoms with Crippen molar-refractivity contribution in [2.75, 3.05) is 13.6 Å². The molecule has 0 spiro atoms. The average Bonchev–Trinajstić information content (AvgIpc) is 2.53. The molecule has 0 aromatic heterocycles. The Morgan fingerprint density at radius 3 is 2.27 bits per heavy atom. The number of carboxylic acids is 1. The summed E-state index contributed by atoms with van der Waals surface area (Å²) in [5.74, 6) is -0.725. The first kappa shape index (κ1) is 15.6. The quantitative estimate of drug-likeness (QED) is 0.889. The fourth-order valence-electron chi connectivity index (χ4n) is 1.93. The van der Waals surface area contributed by atoms with E-state index in [1.54, 1.807) is 24.3 Å². The lowest BCUT2D eigenvalue weighted by atomic mass is 10.2. The Bertz CT molecular complexity index is 637. The van der Waals surface area contributed by atoms with Crippen LogP contribution in [-0.2, 0) is 11.4 Å². The van der Waals surface area contributed by atoms with Gasteiger partial charge in [0.2, 0.25) is 0 Å². The molecule has 0 heterocycles. The summed E-state index contributed by atoms with van der Waals surface area (Å²) in [5.41, 5.74) is 1.49. The number of likely N-dealkylation sites (N-methyl/N-ethyl adjacent to an activating group) is 1. The number of rotatable bonds is 6. The van der Waals surface area contributed by atoms with Crippen LogP contribution < -0.4 is 4.74 Å². The first-order chi connectivity index (χ1) is 10.6. The second-order valence-corrected chi connectivity index (χ2v) is 4.85. The smallest absolute Gasteiger partial charge is 0.323 e. The topological polar surface area (TPSA) is 66.8 Å². The van der Waals surface area contributed by atoms with Gasteiger partial charge in [-0.05, 0) is 29.8 Å². The van der Waals surface area contributed by atoms with Crippen molar-refractivity contribution in [1.29, 1.82) is 0 Å². The lowest BCUT2D eigenvalue weighted by Crippen LogP contribution is -2.31. The molecule has 0 aliphatic carbocycles. The van der Waals surface area contributed by atoms with Crippen LogP contribution in [0, 0.1) is 0 Å². The Kier molecular flexibility index (Phi) is 5.14. The monoisotopic (exact) mass is 299 g/mol. The summed E-state index contributed by atoms with van der Waals surface area (Å²) < 4.78 is 5.63. The molecule has 1 amide bonds. The standard InChI is InChI=1S/C17H17NO4/c1-18(11-16(19)20)17(21)14-7-9-15(10-8-14)22-12-13-5-3-2-4-6-13/h2-10H,11-12H2,1H3,(H,19,20). The number of benzene rings is 2. The van der Waals surface area contributed by atoms with Gasteiger partial charge in [-0.15, -0.1) is 0 Å². The van der Waals surface area contributed by atoms with Crippen molar-refractivity contribution in [2.24, 2.45) is 0 Å². The lowest BCUT2D eigenvalue weighted by Gasteiger charge is -2.14. The van der Waals surface area contributed by atoms with E-state index in [-0.39, 0.29) is 12.5 Å². The summed E-state index contributed by atoms with van der Waals surface area (Å²) in [6, 6.07) is 16.4. The molecule has 0 fully saturated rings. The molecule has 0 unspecified atom stereocenters. The minimum absolute atomic E-state index is 0.328. The van der Waals surface area contributed by atoms with Gasteiger partial charge in [0.15, 0.2) is 0 Å². The number of aliphatic carboxylic acids is 1. The fraction of sp³-hybridized carbons (Fsp3) is 0.176. The van der Waals surface area contributed by atoms with Gasteiger partial charge >= 0.3 is 5.97 Å². The molecule has 0 saturated carbocycles. The van der Waals surface area contributed by atoms with Crippen LogP contribution >= 0.6 is 0 Å². The van der Waals surface area contributed by atoms with Gasteiger partial charge in [-0.2, -0.15) is 0 Å². The van der Waals surface area contributed by atoms with E-state index >= 15 is 0 Å². The molecule has 22 heavy (non-hydrogen) atoms. The zero-order valence-electron chi connectivity index (χ0n) is 12.2. The van der Waals surface area contributed by atoms with E-state index < -0.39 is 5.97 Å². The van der Waals surface area contributed by atoms with Crippen molar-refractivity contribution in [2.45, 2.75) is 6.61 Å². The third-order valence-electron chi connectivity index (χ3n) is 3.07. The maximum absolute atomic E-state index is 12.0. The van der Waals surface area contributed by atoms with Gasteiger partial charge in [-0.1, -0.05) is 30.3 Å². The highest BCUT2D eigenvalue weighted by molar-refractivity contribution is 5.95. The summed E-state index contributed by atoms with van der Waals surface area (Å²) in [7, 11) is 1.45. The predicted molar refractivity (Wildman–Crippen MR) is 81.8 cm³/mol. The van der Waals surface area contributed by atoms with Crippen LogP contribution in [0.15, 0.2) is 54.6 Å². The molecule has 0 aliphatic rings. The molecule has 0 aliphatic heterocycles. The highest BCUT2D eigenvalue weighted by Gasteiger charge is 2.14. The highest BCUT2D eigenvalue weighted by Crippen LogP contribution is 2.15.